The van der Waals surface area contributed by atoms with Gasteiger partial charge in [-0.15, -0.1) is 0 Å². The quantitative estimate of drug-likeness (QED) is 0.882. The van der Waals surface area contributed by atoms with Gasteiger partial charge in [-0.05, 0) is 43.2 Å². The van der Waals surface area contributed by atoms with Gasteiger partial charge in [0, 0.05) is 23.4 Å². The third kappa shape index (κ3) is 3.37. The molecule has 0 bridgehead atoms. The van der Waals surface area contributed by atoms with Crippen LogP contribution in [0.5, 0.6) is 5.75 Å². The summed E-state index contributed by atoms with van der Waals surface area (Å²) in [6, 6.07) is 10.6. The zero-order valence-electron chi connectivity index (χ0n) is 13.3. The predicted octanol–water partition coefficient (Wildman–Crippen LogP) is 2.45. The van der Waals surface area contributed by atoms with E-state index < -0.39 is 5.97 Å². The van der Waals surface area contributed by atoms with E-state index in [0.717, 1.165) is 12.8 Å². The molecule has 0 atom stereocenters. The number of carbonyl (C=O) groups excluding carboxylic acids is 1. The average molecular weight is 326 g/mol. The number of pyridine rings is 1. The van der Waals surface area contributed by atoms with Crippen LogP contribution >= 0.6 is 0 Å². The van der Waals surface area contributed by atoms with Crippen LogP contribution in [0, 0.1) is 0 Å². The first-order valence-electron chi connectivity index (χ1n) is 7.72. The molecule has 124 valence electrons. The van der Waals surface area contributed by atoms with Crippen LogP contribution in [0.3, 0.4) is 0 Å². The Bertz CT molecular complexity index is 757. The van der Waals surface area contributed by atoms with Gasteiger partial charge >= 0.3 is 5.97 Å². The van der Waals surface area contributed by atoms with Gasteiger partial charge in [-0.3, -0.25) is 14.6 Å². The molecule has 24 heavy (non-hydrogen) atoms. The van der Waals surface area contributed by atoms with Crippen molar-refractivity contribution in [3.63, 3.8) is 0 Å². The van der Waals surface area contributed by atoms with E-state index in [4.69, 9.17) is 9.84 Å². The maximum Gasteiger partial charge on any atom is 0.323 e. The number of aromatic nitrogens is 1. The number of nitrogens with zero attached hydrogens (tertiary/aromatic N) is 2. The van der Waals surface area contributed by atoms with Crippen molar-refractivity contribution in [3.05, 3.63) is 48.2 Å². The second-order valence-electron chi connectivity index (χ2n) is 5.69. The van der Waals surface area contributed by atoms with Crippen molar-refractivity contribution < 1.29 is 19.4 Å². The Balaban J connectivity index is 1.96. The summed E-state index contributed by atoms with van der Waals surface area (Å²) in [6.07, 6.45) is 3.37. The lowest BCUT2D eigenvalue weighted by molar-refractivity contribution is -0.137. The minimum atomic E-state index is -1.01. The second-order valence-corrected chi connectivity index (χ2v) is 5.69. The third-order valence-corrected chi connectivity index (χ3v) is 3.94. The number of benzene rings is 1. The molecular formula is C18H18N2O4. The Morgan fingerprint density at radius 3 is 2.67 bits per heavy atom. The maximum absolute atomic E-state index is 12.7. The smallest absolute Gasteiger partial charge is 0.323 e. The van der Waals surface area contributed by atoms with Crippen LogP contribution in [0.4, 0.5) is 0 Å². The van der Waals surface area contributed by atoms with Crippen molar-refractivity contribution >= 4 is 11.9 Å². The largest absolute Gasteiger partial charge is 0.496 e. The fourth-order valence-corrected chi connectivity index (χ4v) is 2.63. The Labute approximate surface area is 139 Å². The van der Waals surface area contributed by atoms with E-state index in [2.05, 4.69) is 4.98 Å². The van der Waals surface area contributed by atoms with Gasteiger partial charge in [0.1, 0.15) is 12.3 Å². The lowest BCUT2D eigenvalue weighted by Gasteiger charge is -2.21. The molecule has 6 nitrogen and oxygen atoms in total. The Hall–Kier alpha value is -2.89. The van der Waals surface area contributed by atoms with Crippen LogP contribution < -0.4 is 4.74 Å². The first-order valence-corrected chi connectivity index (χ1v) is 7.72. The molecule has 1 amide bonds. The molecule has 1 aromatic heterocycles. The van der Waals surface area contributed by atoms with Crippen LogP contribution in [-0.4, -0.2) is 46.6 Å². The first kappa shape index (κ1) is 16.0. The van der Waals surface area contributed by atoms with Crippen molar-refractivity contribution in [2.45, 2.75) is 18.9 Å². The van der Waals surface area contributed by atoms with E-state index in [-0.39, 0.29) is 18.5 Å². The first-order chi connectivity index (χ1) is 11.6. The molecule has 0 radical (unpaired) electrons. The molecule has 1 aliphatic carbocycles. The van der Waals surface area contributed by atoms with Gasteiger partial charge in [-0.2, -0.15) is 0 Å². The highest BCUT2D eigenvalue weighted by atomic mass is 16.5. The molecule has 2 aromatic rings. The van der Waals surface area contributed by atoms with E-state index in [1.165, 1.54) is 4.90 Å². The Kier molecular flexibility index (Phi) is 4.46. The van der Waals surface area contributed by atoms with Crippen LogP contribution in [0.2, 0.25) is 0 Å². The topological polar surface area (TPSA) is 79.7 Å². The van der Waals surface area contributed by atoms with Gasteiger partial charge in [0.05, 0.1) is 12.8 Å². The van der Waals surface area contributed by atoms with Crippen LogP contribution in [0.25, 0.3) is 11.3 Å². The predicted molar refractivity (Wildman–Crippen MR) is 87.9 cm³/mol. The number of aliphatic carboxylic acids is 1. The summed E-state index contributed by atoms with van der Waals surface area (Å²) >= 11 is 0. The molecule has 0 spiro atoms. The lowest BCUT2D eigenvalue weighted by Crippen LogP contribution is -2.37. The number of carboxylic acid groups (broad SMARTS) is 1. The molecule has 6 heteroatoms. The molecule has 1 aliphatic rings. The number of ether oxygens (including phenoxy) is 1. The monoisotopic (exact) mass is 326 g/mol. The normalized spacial score (nSPS) is 13.4. The maximum atomic E-state index is 12.7. The van der Waals surface area contributed by atoms with E-state index in [1.54, 1.807) is 31.5 Å². The van der Waals surface area contributed by atoms with Gasteiger partial charge in [0.15, 0.2) is 0 Å². The van der Waals surface area contributed by atoms with E-state index in [0.29, 0.717) is 22.6 Å². The number of methoxy groups -OCH3 is 1. The molecule has 1 N–H and O–H groups in total. The third-order valence-electron chi connectivity index (χ3n) is 3.94. The van der Waals surface area contributed by atoms with Gasteiger partial charge in [-0.1, -0.05) is 6.07 Å². The van der Waals surface area contributed by atoms with Gasteiger partial charge in [0.2, 0.25) is 0 Å². The highest BCUT2D eigenvalue weighted by Crippen LogP contribution is 2.32. The minimum Gasteiger partial charge on any atom is -0.496 e. The zero-order valence-corrected chi connectivity index (χ0v) is 13.3. The van der Waals surface area contributed by atoms with Crippen molar-refractivity contribution in [1.29, 1.82) is 0 Å². The highest BCUT2D eigenvalue weighted by Gasteiger charge is 2.34. The zero-order chi connectivity index (χ0) is 17.1. The number of carbonyl (C=O) groups is 2. The molecule has 1 aromatic carbocycles. The minimum absolute atomic E-state index is 0.0222. The molecule has 1 saturated carbocycles. The van der Waals surface area contributed by atoms with Crippen molar-refractivity contribution in [1.82, 2.24) is 9.88 Å². The van der Waals surface area contributed by atoms with Gasteiger partial charge in [-0.25, -0.2) is 0 Å². The standard InChI is InChI=1S/C18H18N2O4/c1-24-16-8-5-12(10-14(16)15-4-2-3-9-19-15)18(23)20(11-17(21)22)13-6-7-13/h2-5,8-10,13H,6-7,11H2,1H3,(H,21,22). The molecule has 0 unspecified atom stereocenters. The van der Waals surface area contributed by atoms with Crippen LogP contribution in [0.1, 0.15) is 23.2 Å². The van der Waals surface area contributed by atoms with E-state index in [1.807, 2.05) is 18.2 Å². The fourth-order valence-electron chi connectivity index (χ4n) is 2.63. The Morgan fingerprint density at radius 1 is 1.29 bits per heavy atom. The molecule has 1 heterocycles. The number of hydrogen-bond donors (Lipinski definition) is 1. The molecule has 3 rings (SSSR count). The van der Waals surface area contributed by atoms with E-state index >= 15 is 0 Å². The summed E-state index contributed by atoms with van der Waals surface area (Å²) in [5.74, 6) is -0.671. The Morgan fingerprint density at radius 2 is 2.08 bits per heavy atom. The van der Waals surface area contributed by atoms with Gasteiger partial charge in [0.25, 0.3) is 5.91 Å². The molecule has 0 aliphatic heterocycles. The molecular weight excluding hydrogens is 308 g/mol. The van der Waals surface area contributed by atoms with Crippen molar-refractivity contribution in [2.75, 3.05) is 13.7 Å². The van der Waals surface area contributed by atoms with Gasteiger partial charge < -0.3 is 14.7 Å². The SMILES string of the molecule is COc1ccc(C(=O)N(CC(=O)O)C2CC2)cc1-c1ccccn1. The van der Waals surface area contributed by atoms with Crippen molar-refractivity contribution in [3.8, 4) is 17.0 Å². The summed E-state index contributed by atoms with van der Waals surface area (Å²) in [4.78, 5) is 29.5. The van der Waals surface area contributed by atoms with E-state index in [9.17, 15) is 9.59 Å². The summed E-state index contributed by atoms with van der Waals surface area (Å²) in [7, 11) is 1.56. The lowest BCUT2D eigenvalue weighted by atomic mass is 10.0. The number of hydrogen-bond acceptors (Lipinski definition) is 4. The number of carboxylic acids is 1. The molecule has 1 fully saturated rings. The number of amides is 1. The average Bonchev–Trinajstić information content (AvgIpc) is 3.44. The van der Waals surface area contributed by atoms with Crippen LogP contribution in [0.15, 0.2) is 42.6 Å². The fraction of sp³-hybridized carbons (Fsp3) is 0.278. The summed E-state index contributed by atoms with van der Waals surface area (Å²) in [5.41, 5.74) is 1.83. The van der Waals surface area contributed by atoms with Crippen molar-refractivity contribution in [2.24, 2.45) is 0 Å². The van der Waals surface area contributed by atoms with Crippen LogP contribution in [-0.2, 0) is 4.79 Å². The summed E-state index contributed by atoms with van der Waals surface area (Å²) < 4.78 is 5.36. The molecule has 0 saturated heterocycles. The summed E-state index contributed by atoms with van der Waals surface area (Å²) in [6.45, 7) is -0.283. The second kappa shape index (κ2) is 6.70. The highest BCUT2D eigenvalue weighted by molar-refractivity contribution is 5.97. The number of rotatable bonds is 6. The summed E-state index contributed by atoms with van der Waals surface area (Å²) in [5, 5.41) is 9.05.